The number of hydrogen-bond donors (Lipinski definition) is 3. The van der Waals surface area contributed by atoms with Crippen LogP contribution >= 0.6 is 47.2 Å². The normalized spacial score (nSPS) is 11.7. The third-order valence-electron chi connectivity index (χ3n) is 2.97. The van der Waals surface area contributed by atoms with E-state index < -0.39 is 6.61 Å². The molecule has 0 radical (unpaired) electrons. The van der Waals surface area contributed by atoms with E-state index in [1.54, 1.807) is 0 Å². The lowest BCUT2D eigenvalue weighted by atomic mass is 10.1. The highest BCUT2D eigenvalue weighted by Crippen LogP contribution is 2.34. The minimum absolute atomic E-state index is 0. The van der Waals surface area contributed by atoms with Crippen LogP contribution in [0.25, 0.3) is 0 Å². The molecule has 1 aromatic rings. The van der Waals surface area contributed by atoms with Crippen molar-refractivity contribution in [1.82, 2.24) is 16.0 Å². The van der Waals surface area contributed by atoms with Gasteiger partial charge in [-0.1, -0.05) is 23.2 Å². The molecule has 0 aliphatic heterocycles. The lowest BCUT2D eigenvalue weighted by Gasteiger charge is -2.21. The SMILES string of the molecule is CCNC(=NCc1cc(Cl)cc(Cl)c1OC(F)F)NCC(=O)NC(C)(C)C.I. The Morgan fingerprint density at radius 1 is 1.25 bits per heavy atom. The Balaban J connectivity index is 0.00000729. The van der Waals surface area contributed by atoms with E-state index in [9.17, 15) is 13.6 Å². The summed E-state index contributed by atoms with van der Waals surface area (Å²) in [5.74, 6) is -0.0533. The van der Waals surface area contributed by atoms with Gasteiger partial charge in [0, 0.05) is 22.7 Å². The molecule has 0 atom stereocenters. The molecule has 0 aliphatic carbocycles. The van der Waals surface area contributed by atoms with Crippen LogP contribution in [0.1, 0.15) is 33.3 Å². The van der Waals surface area contributed by atoms with Gasteiger partial charge in [-0.3, -0.25) is 4.79 Å². The third-order valence-corrected chi connectivity index (χ3v) is 3.47. The minimum atomic E-state index is -3.03. The quantitative estimate of drug-likeness (QED) is 0.269. The zero-order valence-electron chi connectivity index (χ0n) is 16.0. The fraction of sp³-hybridized carbons (Fsp3) is 0.529. The van der Waals surface area contributed by atoms with Crippen molar-refractivity contribution in [3.05, 3.63) is 27.7 Å². The van der Waals surface area contributed by atoms with Crippen LogP contribution in [0, 0.1) is 0 Å². The van der Waals surface area contributed by atoms with Crippen LogP contribution in [0.2, 0.25) is 10.0 Å². The number of benzene rings is 1. The van der Waals surface area contributed by atoms with Crippen LogP contribution in [-0.4, -0.2) is 37.1 Å². The second-order valence-corrected chi connectivity index (χ2v) is 7.44. The van der Waals surface area contributed by atoms with Gasteiger partial charge in [0.1, 0.15) is 5.75 Å². The molecule has 28 heavy (non-hydrogen) atoms. The fourth-order valence-corrected chi connectivity index (χ4v) is 2.66. The number of nitrogens with zero attached hydrogens (tertiary/aromatic N) is 1. The maximum absolute atomic E-state index is 12.6. The maximum Gasteiger partial charge on any atom is 0.387 e. The molecule has 11 heteroatoms. The van der Waals surface area contributed by atoms with Crippen LogP contribution < -0.4 is 20.7 Å². The van der Waals surface area contributed by atoms with Crippen molar-refractivity contribution in [2.75, 3.05) is 13.1 Å². The number of guanidine groups is 1. The van der Waals surface area contributed by atoms with Gasteiger partial charge in [0.05, 0.1) is 18.1 Å². The van der Waals surface area contributed by atoms with Gasteiger partial charge in [0.2, 0.25) is 5.91 Å². The highest BCUT2D eigenvalue weighted by molar-refractivity contribution is 14.0. The van der Waals surface area contributed by atoms with Crippen LogP contribution in [0.4, 0.5) is 8.78 Å². The minimum Gasteiger partial charge on any atom is -0.433 e. The molecule has 0 saturated heterocycles. The van der Waals surface area contributed by atoms with E-state index in [0.717, 1.165) is 0 Å². The van der Waals surface area contributed by atoms with Gasteiger partial charge in [-0.05, 0) is 39.8 Å². The molecule has 0 aromatic heterocycles. The summed E-state index contributed by atoms with van der Waals surface area (Å²) in [6, 6.07) is 2.76. The summed E-state index contributed by atoms with van der Waals surface area (Å²) in [6.45, 7) is 4.96. The van der Waals surface area contributed by atoms with Crippen molar-refractivity contribution in [3.63, 3.8) is 0 Å². The lowest BCUT2D eigenvalue weighted by Crippen LogP contribution is -2.48. The first-order chi connectivity index (χ1) is 12.5. The van der Waals surface area contributed by atoms with Crippen molar-refractivity contribution >= 4 is 59.0 Å². The van der Waals surface area contributed by atoms with Crippen LogP contribution in [0.5, 0.6) is 5.75 Å². The first kappa shape index (κ1) is 26.9. The average Bonchev–Trinajstić information content (AvgIpc) is 2.51. The Labute approximate surface area is 190 Å². The number of rotatable bonds is 7. The highest BCUT2D eigenvalue weighted by Gasteiger charge is 2.16. The molecule has 160 valence electrons. The number of ether oxygens (including phenoxy) is 1. The second-order valence-electron chi connectivity index (χ2n) is 6.60. The van der Waals surface area contributed by atoms with E-state index in [1.165, 1.54) is 12.1 Å². The van der Waals surface area contributed by atoms with Crippen LogP contribution in [0.3, 0.4) is 0 Å². The molecule has 0 aliphatic rings. The van der Waals surface area contributed by atoms with Crippen LogP contribution in [-0.2, 0) is 11.3 Å². The molecule has 0 heterocycles. The smallest absolute Gasteiger partial charge is 0.387 e. The molecule has 1 rings (SSSR count). The third kappa shape index (κ3) is 10.5. The molecule has 6 nitrogen and oxygen atoms in total. The summed E-state index contributed by atoms with van der Waals surface area (Å²) >= 11 is 11.9. The number of halogens is 5. The molecule has 3 N–H and O–H groups in total. The fourth-order valence-electron chi connectivity index (χ4n) is 2.08. The molecule has 0 spiro atoms. The van der Waals surface area contributed by atoms with Gasteiger partial charge < -0.3 is 20.7 Å². The average molecular weight is 553 g/mol. The zero-order chi connectivity index (χ0) is 20.6. The summed E-state index contributed by atoms with van der Waals surface area (Å²) in [5.41, 5.74) is -0.0584. The predicted octanol–water partition coefficient (Wildman–Crippen LogP) is 4.18. The standard InChI is InChI=1S/C17H24Cl2F2N4O2.HI/c1-5-22-16(24-9-13(26)25-17(2,3)4)23-8-10-6-11(18)7-12(19)14(10)27-15(20)21;/h6-7,15H,5,8-9H2,1-4H3,(H,25,26)(H2,22,23,24);1H. The predicted molar refractivity (Wildman–Crippen MR) is 119 cm³/mol. The molecule has 0 bridgehead atoms. The van der Waals surface area contributed by atoms with E-state index in [0.29, 0.717) is 18.1 Å². The van der Waals surface area contributed by atoms with E-state index in [2.05, 4.69) is 25.7 Å². The Kier molecular flexibility index (Phi) is 12.0. The number of amides is 1. The summed E-state index contributed by atoms with van der Waals surface area (Å²) in [5, 5.41) is 8.89. The van der Waals surface area contributed by atoms with E-state index in [1.807, 2.05) is 27.7 Å². The topological polar surface area (TPSA) is 74.8 Å². The van der Waals surface area contributed by atoms with Gasteiger partial charge in [-0.25, -0.2) is 4.99 Å². The van der Waals surface area contributed by atoms with E-state index in [-0.39, 0.29) is 64.3 Å². The number of hydrogen-bond acceptors (Lipinski definition) is 3. The number of nitrogens with one attached hydrogen (secondary N) is 3. The van der Waals surface area contributed by atoms with Crippen LogP contribution in [0.15, 0.2) is 17.1 Å². The molecule has 0 unspecified atom stereocenters. The molecule has 0 fully saturated rings. The summed E-state index contributed by atoms with van der Waals surface area (Å²) < 4.78 is 29.7. The molecular formula is C17H25Cl2F2IN4O2. The zero-order valence-corrected chi connectivity index (χ0v) is 19.9. The summed E-state index contributed by atoms with van der Waals surface area (Å²) in [6.07, 6.45) is 0. The number of aliphatic imine (C=N–C) groups is 1. The Morgan fingerprint density at radius 3 is 2.43 bits per heavy atom. The first-order valence-corrected chi connectivity index (χ1v) is 9.03. The number of carbonyl (C=O) groups is 1. The van der Waals surface area contributed by atoms with Gasteiger partial charge >= 0.3 is 6.61 Å². The largest absolute Gasteiger partial charge is 0.433 e. The van der Waals surface area contributed by atoms with Crippen molar-refractivity contribution in [2.24, 2.45) is 4.99 Å². The molecule has 1 amide bonds. The van der Waals surface area contributed by atoms with Gasteiger partial charge in [-0.2, -0.15) is 8.78 Å². The van der Waals surface area contributed by atoms with Gasteiger partial charge in [0.25, 0.3) is 0 Å². The lowest BCUT2D eigenvalue weighted by molar-refractivity contribution is -0.121. The van der Waals surface area contributed by atoms with Crippen molar-refractivity contribution in [3.8, 4) is 5.75 Å². The second kappa shape index (κ2) is 12.5. The van der Waals surface area contributed by atoms with Gasteiger partial charge in [0.15, 0.2) is 5.96 Å². The summed E-state index contributed by atoms with van der Waals surface area (Å²) in [7, 11) is 0. The Morgan fingerprint density at radius 2 is 1.89 bits per heavy atom. The Hall–Kier alpha value is -1.07. The maximum atomic E-state index is 12.6. The van der Waals surface area contributed by atoms with E-state index >= 15 is 0 Å². The number of carbonyl (C=O) groups excluding carboxylic acids is 1. The first-order valence-electron chi connectivity index (χ1n) is 8.27. The molecule has 1 aromatic carbocycles. The molecular weight excluding hydrogens is 528 g/mol. The Bertz CT molecular complexity index is 686. The molecule has 0 saturated carbocycles. The van der Waals surface area contributed by atoms with Gasteiger partial charge in [-0.15, -0.1) is 24.0 Å². The highest BCUT2D eigenvalue weighted by atomic mass is 127. The monoisotopic (exact) mass is 552 g/mol. The summed E-state index contributed by atoms with van der Waals surface area (Å²) in [4.78, 5) is 16.2. The van der Waals surface area contributed by atoms with Crippen molar-refractivity contribution < 1.29 is 18.3 Å². The van der Waals surface area contributed by atoms with Crippen molar-refractivity contribution in [1.29, 1.82) is 0 Å². The number of alkyl halides is 2. The van der Waals surface area contributed by atoms with Crippen molar-refractivity contribution in [2.45, 2.75) is 46.4 Å². The van der Waals surface area contributed by atoms with E-state index in [4.69, 9.17) is 23.2 Å².